The molecule has 1 aromatic heterocycles. The van der Waals surface area contributed by atoms with Gasteiger partial charge in [-0.2, -0.15) is 0 Å². The van der Waals surface area contributed by atoms with E-state index in [4.69, 9.17) is 33.3 Å². The maximum atomic E-state index is 12.8. The van der Waals surface area contributed by atoms with Gasteiger partial charge in [-0.3, -0.25) is 9.69 Å². The maximum Gasteiger partial charge on any atom is 0.337 e. The van der Waals surface area contributed by atoms with Crippen molar-refractivity contribution in [3.8, 4) is 11.3 Å². The van der Waals surface area contributed by atoms with Gasteiger partial charge < -0.3 is 9.52 Å². The van der Waals surface area contributed by atoms with E-state index in [1.54, 1.807) is 24.3 Å². The number of carbonyl (C=O) groups is 2. The highest BCUT2D eigenvalue weighted by atomic mass is 35.5. The molecular formula is C21H12ClNO4S2. The zero-order chi connectivity index (χ0) is 20.5. The monoisotopic (exact) mass is 441 g/mol. The lowest BCUT2D eigenvalue weighted by atomic mass is 10.1. The Bertz CT molecular complexity index is 1170. The highest BCUT2D eigenvalue weighted by Gasteiger charge is 2.33. The summed E-state index contributed by atoms with van der Waals surface area (Å²) >= 11 is 12.6. The number of anilines is 1. The fraction of sp³-hybridized carbons (Fsp3) is 0. The zero-order valence-corrected chi connectivity index (χ0v) is 17.1. The summed E-state index contributed by atoms with van der Waals surface area (Å²) in [5.74, 6) is -0.319. The molecule has 1 saturated heterocycles. The molecule has 1 fully saturated rings. The molecule has 1 amide bonds. The van der Waals surface area contributed by atoms with Crippen LogP contribution in [0.3, 0.4) is 0 Å². The first kappa shape index (κ1) is 19.4. The van der Waals surface area contributed by atoms with E-state index in [9.17, 15) is 9.59 Å². The second kappa shape index (κ2) is 7.87. The molecule has 3 aromatic rings. The first-order valence-corrected chi connectivity index (χ1v) is 10.0. The summed E-state index contributed by atoms with van der Waals surface area (Å²) < 4.78 is 6.26. The van der Waals surface area contributed by atoms with Gasteiger partial charge in [-0.1, -0.05) is 59.8 Å². The summed E-state index contributed by atoms with van der Waals surface area (Å²) in [5, 5.41) is 9.20. The molecule has 4 rings (SSSR count). The number of carboxylic acid groups (broad SMARTS) is 1. The lowest BCUT2D eigenvalue weighted by Crippen LogP contribution is -2.27. The number of hydrogen-bond acceptors (Lipinski definition) is 5. The van der Waals surface area contributed by atoms with Crippen molar-refractivity contribution in [2.75, 3.05) is 4.90 Å². The average Bonchev–Trinajstić information content (AvgIpc) is 3.27. The third kappa shape index (κ3) is 3.85. The van der Waals surface area contributed by atoms with Gasteiger partial charge in [0.1, 0.15) is 11.5 Å². The fourth-order valence-corrected chi connectivity index (χ4v) is 4.36. The number of amides is 1. The molecule has 5 nitrogen and oxygen atoms in total. The number of rotatable bonds is 4. The van der Waals surface area contributed by atoms with Crippen LogP contribution in [0.1, 0.15) is 16.1 Å². The quantitative estimate of drug-likeness (QED) is 0.413. The number of thioether (sulfide) groups is 1. The Hall–Kier alpha value is -2.87. The van der Waals surface area contributed by atoms with Gasteiger partial charge in [0.2, 0.25) is 0 Å². The minimum atomic E-state index is -1.10. The van der Waals surface area contributed by atoms with Gasteiger partial charge in [0.25, 0.3) is 5.91 Å². The van der Waals surface area contributed by atoms with Crippen molar-refractivity contribution >= 4 is 63.5 Å². The number of furan rings is 1. The van der Waals surface area contributed by atoms with Crippen molar-refractivity contribution in [2.45, 2.75) is 0 Å². The standard InChI is InChI=1S/C21H12ClNO4S2/c22-16-10-12(6-8-15(16)20(25)26)17-9-7-14(27-17)11-18-19(24)23(21(28)29-18)13-4-2-1-3-5-13/h1-11H,(H,25,26)/b18-11+. The van der Waals surface area contributed by atoms with Crippen LogP contribution in [0.25, 0.3) is 17.4 Å². The first-order valence-electron chi connectivity index (χ1n) is 8.40. The Kier molecular flexibility index (Phi) is 5.27. The number of thiocarbonyl (C=S) groups is 1. The van der Waals surface area contributed by atoms with E-state index in [1.807, 2.05) is 30.3 Å². The Balaban J connectivity index is 1.60. The number of benzene rings is 2. The van der Waals surface area contributed by atoms with Crippen LogP contribution < -0.4 is 4.90 Å². The number of halogens is 1. The number of aromatic carboxylic acids is 1. The normalized spacial score (nSPS) is 15.3. The Morgan fingerprint density at radius 1 is 1.14 bits per heavy atom. The summed E-state index contributed by atoms with van der Waals surface area (Å²) in [6.07, 6.45) is 1.64. The van der Waals surface area contributed by atoms with Crippen LogP contribution in [-0.4, -0.2) is 21.3 Å². The van der Waals surface area contributed by atoms with E-state index in [0.717, 1.165) is 0 Å². The third-order valence-corrected chi connectivity index (χ3v) is 5.81. The minimum Gasteiger partial charge on any atom is -0.478 e. The van der Waals surface area contributed by atoms with Gasteiger partial charge in [-0.15, -0.1) is 0 Å². The largest absolute Gasteiger partial charge is 0.478 e. The predicted octanol–water partition coefficient (Wildman–Crippen LogP) is 5.70. The summed E-state index contributed by atoms with van der Waals surface area (Å²) in [4.78, 5) is 25.8. The molecule has 2 aromatic carbocycles. The lowest BCUT2D eigenvalue weighted by Gasteiger charge is -2.13. The molecule has 1 N–H and O–H groups in total. The topological polar surface area (TPSA) is 70.8 Å². The molecule has 0 saturated carbocycles. The molecule has 144 valence electrons. The van der Waals surface area contributed by atoms with Crippen molar-refractivity contribution in [1.29, 1.82) is 0 Å². The third-order valence-electron chi connectivity index (χ3n) is 4.19. The van der Waals surface area contributed by atoms with Crippen LogP contribution in [0.15, 0.2) is 70.0 Å². The molecule has 8 heteroatoms. The number of hydrogen-bond donors (Lipinski definition) is 1. The molecule has 0 radical (unpaired) electrons. The van der Waals surface area contributed by atoms with Crippen molar-refractivity contribution in [3.63, 3.8) is 0 Å². The number of para-hydroxylation sites is 1. The van der Waals surface area contributed by atoms with E-state index in [0.29, 0.717) is 32.0 Å². The van der Waals surface area contributed by atoms with Gasteiger partial charge in [0.05, 0.1) is 21.2 Å². The van der Waals surface area contributed by atoms with E-state index < -0.39 is 5.97 Å². The highest BCUT2D eigenvalue weighted by molar-refractivity contribution is 8.27. The zero-order valence-electron chi connectivity index (χ0n) is 14.7. The number of nitrogens with zero attached hydrogens (tertiary/aromatic N) is 1. The van der Waals surface area contributed by atoms with Crippen molar-refractivity contribution in [2.24, 2.45) is 0 Å². The molecule has 0 atom stereocenters. The summed E-state index contributed by atoms with van der Waals surface area (Å²) in [5.41, 5.74) is 1.37. The second-order valence-electron chi connectivity index (χ2n) is 6.05. The van der Waals surface area contributed by atoms with E-state index >= 15 is 0 Å². The summed E-state index contributed by atoms with van der Waals surface area (Å²) in [6, 6.07) is 17.2. The Morgan fingerprint density at radius 2 is 1.90 bits per heavy atom. The van der Waals surface area contributed by atoms with Crippen molar-refractivity contribution < 1.29 is 19.1 Å². The molecule has 29 heavy (non-hydrogen) atoms. The molecule has 0 aliphatic carbocycles. The van der Waals surface area contributed by atoms with Crippen LogP contribution in [0.4, 0.5) is 5.69 Å². The predicted molar refractivity (Wildman–Crippen MR) is 118 cm³/mol. The van der Waals surface area contributed by atoms with Crippen LogP contribution in [0, 0.1) is 0 Å². The van der Waals surface area contributed by atoms with E-state index in [1.165, 1.54) is 28.8 Å². The van der Waals surface area contributed by atoms with Gasteiger partial charge in [-0.05, 0) is 36.4 Å². The lowest BCUT2D eigenvalue weighted by molar-refractivity contribution is -0.113. The summed E-state index contributed by atoms with van der Waals surface area (Å²) in [6.45, 7) is 0. The fourth-order valence-electron chi connectivity index (χ4n) is 2.82. The number of carboxylic acids is 1. The van der Waals surface area contributed by atoms with Crippen LogP contribution >= 0.6 is 35.6 Å². The van der Waals surface area contributed by atoms with Gasteiger partial charge in [-0.25, -0.2) is 4.79 Å². The Morgan fingerprint density at radius 3 is 2.59 bits per heavy atom. The van der Waals surface area contributed by atoms with Crippen LogP contribution in [0.5, 0.6) is 0 Å². The number of carbonyl (C=O) groups excluding carboxylic acids is 1. The van der Waals surface area contributed by atoms with Crippen molar-refractivity contribution in [3.05, 3.63) is 81.9 Å². The van der Waals surface area contributed by atoms with Gasteiger partial charge in [0.15, 0.2) is 4.32 Å². The second-order valence-corrected chi connectivity index (χ2v) is 8.14. The van der Waals surface area contributed by atoms with Crippen molar-refractivity contribution in [1.82, 2.24) is 0 Å². The summed E-state index contributed by atoms with van der Waals surface area (Å²) in [7, 11) is 0. The van der Waals surface area contributed by atoms with E-state index in [-0.39, 0.29) is 16.5 Å². The highest BCUT2D eigenvalue weighted by Crippen LogP contribution is 2.36. The van der Waals surface area contributed by atoms with Gasteiger partial charge in [0, 0.05) is 11.6 Å². The maximum absolute atomic E-state index is 12.8. The van der Waals surface area contributed by atoms with E-state index in [2.05, 4.69) is 0 Å². The molecule has 1 aliphatic rings. The molecule has 0 bridgehead atoms. The Labute approximate surface area is 180 Å². The molecule has 0 spiro atoms. The molecular weight excluding hydrogens is 430 g/mol. The molecule has 2 heterocycles. The van der Waals surface area contributed by atoms with Gasteiger partial charge >= 0.3 is 5.97 Å². The van der Waals surface area contributed by atoms with Crippen LogP contribution in [-0.2, 0) is 4.79 Å². The van der Waals surface area contributed by atoms with Crippen LogP contribution in [0.2, 0.25) is 5.02 Å². The minimum absolute atomic E-state index is 0.0202. The molecule has 1 aliphatic heterocycles. The first-order chi connectivity index (χ1) is 13.9. The average molecular weight is 442 g/mol. The SMILES string of the molecule is O=C(O)c1ccc(-c2ccc(/C=C3/SC(=S)N(c4ccccc4)C3=O)o2)cc1Cl. The molecule has 0 unspecified atom stereocenters. The smallest absolute Gasteiger partial charge is 0.337 e.